The largest absolute Gasteiger partial charge is 0.331 e. The Morgan fingerprint density at radius 3 is 2.44 bits per heavy atom. The molecule has 0 saturated carbocycles. The molecule has 0 aliphatic carbocycles. The van der Waals surface area contributed by atoms with Crippen molar-refractivity contribution in [3.8, 4) is 0 Å². The number of benzene rings is 2. The molecule has 0 atom stereocenters. The average molecular weight is 340 g/mol. The van der Waals surface area contributed by atoms with Crippen molar-refractivity contribution in [2.24, 2.45) is 0 Å². The van der Waals surface area contributed by atoms with E-state index in [4.69, 9.17) is 0 Å². The van der Waals surface area contributed by atoms with Crippen molar-refractivity contribution in [2.45, 2.75) is 20.3 Å². The lowest BCUT2D eigenvalue weighted by Gasteiger charge is -2.34. The third-order valence-electron chi connectivity index (χ3n) is 4.57. The summed E-state index contributed by atoms with van der Waals surface area (Å²) in [4.78, 5) is 28.2. The highest BCUT2D eigenvalue weighted by Gasteiger charge is 2.28. The molecule has 130 valence electrons. The van der Waals surface area contributed by atoms with Gasteiger partial charge in [-0.1, -0.05) is 23.8 Å². The van der Waals surface area contributed by atoms with E-state index in [9.17, 15) is 14.0 Å². The Morgan fingerprint density at radius 2 is 1.80 bits per heavy atom. The van der Waals surface area contributed by atoms with Gasteiger partial charge in [0.25, 0.3) is 0 Å². The van der Waals surface area contributed by atoms with Gasteiger partial charge in [0.05, 0.1) is 6.42 Å². The zero-order valence-electron chi connectivity index (χ0n) is 14.5. The summed E-state index contributed by atoms with van der Waals surface area (Å²) in [5, 5.41) is 0. The summed E-state index contributed by atoms with van der Waals surface area (Å²) in [7, 11) is 0. The summed E-state index contributed by atoms with van der Waals surface area (Å²) in [5.74, 6) is -0.499. The summed E-state index contributed by atoms with van der Waals surface area (Å²) >= 11 is 0. The van der Waals surface area contributed by atoms with Gasteiger partial charge in [-0.3, -0.25) is 9.59 Å². The average Bonchev–Trinajstić information content (AvgIpc) is 2.58. The minimum absolute atomic E-state index is 0.0763. The van der Waals surface area contributed by atoms with E-state index in [1.165, 1.54) is 12.1 Å². The summed E-state index contributed by atoms with van der Waals surface area (Å²) in [5.41, 5.74) is 3.54. The van der Waals surface area contributed by atoms with Crippen LogP contribution in [0, 0.1) is 19.7 Å². The Labute approximate surface area is 146 Å². The highest BCUT2D eigenvalue weighted by Crippen LogP contribution is 2.19. The number of amides is 2. The van der Waals surface area contributed by atoms with Gasteiger partial charge in [0.2, 0.25) is 11.8 Å². The molecule has 0 spiro atoms. The first kappa shape index (κ1) is 17.1. The molecule has 2 amide bonds. The molecular formula is C20H21FN2O2. The molecule has 1 aliphatic rings. The van der Waals surface area contributed by atoms with E-state index in [1.807, 2.05) is 31.2 Å². The number of anilines is 1. The number of aryl methyl sites for hydroxylation is 2. The third-order valence-corrected chi connectivity index (χ3v) is 4.57. The quantitative estimate of drug-likeness (QED) is 0.862. The molecule has 3 rings (SSSR count). The van der Waals surface area contributed by atoms with E-state index in [-0.39, 0.29) is 30.6 Å². The van der Waals surface area contributed by atoms with Gasteiger partial charge in [0, 0.05) is 18.8 Å². The second-order valence-corrected chi connectivity index (χ2v) is 6.44. The van der Waals surface area contributed by atoms with Crippen molar-refractivity contribution >= 4 is 17.5 Å². The number of rotatable bonds is 3. The zero-order chi connectivity index (χ0) is 18.0. The SMILES string of the molecule is Cc1ccc(N2CCN(C(=O)Cc3ccc(F)cc3C)CC2=O)cc1. The van der Waals surface area contributed by atoms with Gasteiger partial charge in [0.15, 0.2) is 0 Å². The van der Waals surface area contributed by atoms with Crippen LogP contribution in [0.3, 0.4) is 0 Å². The number of halogens is 1. The molecule has 2 aromatic rings. The summed E-state index contributed by atoms with van der Waals surface area (Å²) in [6, 6.07) is 12.2. The van der Waals surface area contributed by atoms with Crippen molar-refractivity contribution < 1.29 is 14.0 Å². The number of hydrogen-bond acceptors (Lipinski definition) is 2. The molecule has 0 radical (unpaired) electrons. The monoisotopic (exact) mass is 340 g/mol. The first-order valence-corrected chi connectivity index (χ1v) is 8.34. The molecule has 25 heavy (non-hydrogen) atoms. The van der Waals surface area contributed by atoms with E-state index in [0.29, 0.717) is 13.1 Å². The summed E-state index contributed by atoms with van der Waals surface area (Å²) in [6.45, 7) is 4.84. The summed E-state index contributed by atoms with van der Waals surface area (Å²) in [6.07, 6.45) is 0.184. The Morgan fingerprint density at radius 1 is 1.08 bits per heavy atom. The van der Waals surface area contributed by atoms with Gasteiger partial charge >= 0.3 is 0 Å². The predicted octanol–water partition coefficient (Wildman–Crippen LogP) is 2.86. The number of carbonyl (C=O) groups is 2. The highest BCUT2D eigenvalue weighted by atomic mass is 19.1. The highest BCUT2D eigenvalue weighted by molar-refractivity contribution is 5.98. The number of nitrogens with zero attached hydrogens (tertiary/aromatic N) is 2. The molecule has 1 saturated heterocycles. The van der Waals surface area contributed by atoms with Gasteiger partial charge < -0.3 is 9.80 Å². The number of carbonyl (C=O) groups excluding carboxylic acids is 2. The van der Waals surface area contributed by atoms with Crippen molar-refractivity contribution in [1.82, 2.24) is 4.90 Å². The number of piperazine rings is 1. The fraction of sp³-hybridized carbons (Fsp3) is 0.300. The Kier molecular flexibility index (Phi) is 4.83. The molecule has 1 heterocycles. The van der Waals surface area contributed by atoms with Crippen LogP contribution in [-0.2, 0) is 16.0 Å². The van der Waals surface area contributed by atoms with Crippen LogP contribution in [0.2, 0.25) is 0 Å². The fourth-order valence-corrected chi connectivity index (χ4v) is 3.02. The van der Waals surface area contributed by atoms with Crippen LogP contribution in [0.4, 0.5) is 10.1 Å². The van der Waals surface area contributed by atoms with Crippen LogP contribution >= 0.6 is 0 Å². The zero-order valence-corrected chi connectivity index (χ0v) is 14.5. The molecule has 0 unspecified atom stereocenters. The van der Waals surface area contributed by atoms with Crippen LogP contribution in [0.1, 0.15) is 16.7 Å². The van der Waals surface area contributed by atoms with Gasteiger partial charge in [-0.05, 0) is 49.2 Å². The first-order chi connectivity index (χ1) is 11.9. The second-order valence-electron chi connectivity index (χ2n) is 6.44. The molecule has 0 aromatic heterocycles. The number of hydrogen-bond donors (Lipinski definition) is 0. The Hall–Kier alpha value is -2.69. The fourth-order valence-electron chi connectivity index (χ4n) is 3.02. The van der Waals surface area contributed by atoms with Crippen molar-refractivity contribution in [2.75, 3.05) is 24.5 Å². The van der Waals surface area contributed by atoms with Crippen molar-refractivity contribution in [1.29, 1.82) is 0 Å². The van der Waals surface area contributed by atoms with E-state index in [2.05, 4.69) is 0 Å². The van der Waals surface area contributed by atoms with Gasteiger partial charge in [0.1, 0.15) is 12.4 Å². The van der Waals surface area contributed by atoms with E-state index in [0.717, 1.165) is 22.4 Å². The molecule has 1 fully saturated rings. The van der Waals surface area contributed by atoms with Crippen LogP contribution in [0.15, 0.2) is 42.5 Å². The molecule has 4 nitrogen and oxygen atoms in total. The van der Waals surface area contributed by atoms with E-state index < -0.39 is 0 Å². The van der Waals surface area contributed by atoms with Gasteiger partial charge in [-0.15, -0.1) is 0 Å². The lowest BCUT2D eigenvalue weighted by Crippen LogP contribution is -2.52. The lowest BCUT2D eigenvalue weighted by molar-refractivity contribution is -0.136. The molecule has 0 bridgehead atoms. The maximum atomic E-state index is 13.2. The summed E-state index contributed by atoms with van der Waals surface area (Å²) < 4.78 is 13.2. The standard InChI is InChI=1S/C20H21FN2O2/c1-14-3-7-18(8-4-14)23-10-9-22(13-20(23)25)19(24)12-16-5-6-17(21)11-15(16)2/h3-8,11H,9-10,12-13H2,1-2H3. The normalized spacial score (nSPS) is 14.8. The third kappa shape index (κ3) is 3.87. The molecule has 2 aromatic carbocycles. The first-order valence-electron chi connectivity index (χ1n) is 8.34. The molecule has 0 N–H and O–H groups in total. The van der Waals surface area contributed by atoms with Gasteiger partial charge in [-0.25, -0.2) is 4.39 Å². The van der Waals surface area contributed by atoms with Crippen LogP contribution < -0.4 is 4.90 Å². The maximum Gasteiger partial charge on any atom is 0.246 e. The minimum Gasteiger partial charge on any atom is -0.331 e. The smallest absolute Gasteiger partial charge is 0.246 e. The molecule has 5 heteroatoms. The van der Waals surface area contributed by atoms with Crippen molar-refractivity contribution in [3.05, 3.63) is 65.0 Å². The van der Waals surface area contributed by atoms with Gasteiger partial charge in [-0.2, -0.15) is 0 Å². The Bertz CT molecular complexity index is 802. The van der Waals surface area contributed by atoms with E-state index >= 15 is 0 Å². The van der Waals surface area contributed by atoms with Crippen LogP contribution in [0.25, 0.3) is 0 Å². The predicted molar refractivity (Wildman–Crippen MR) is 95.0 cm³/mol. The second kappa shape index (κ2) is 7.05. The lowest BCUT2D eigenvalue weighted by atomic mass is 10.0. The van der Waals surface area contributed by atoms with E-state index in [1.54, 1.807) is 22.8 Å². The van der Waals surface area contributed by atoms with Crippen LogP contribution in [0.5, 0.6) is 0 Å². The topological polar surface area (TPSA) is 40.6 Å². The molecule has 1 aliphatic heterocycles. The maximum absolute atomic E-state index is 13.2. The van der Waals surface area contributed by atoms with Crippen LogP contribution in [-0.4, -0.2) is 36.3 Å². The Balaban J connectivity index is 1.65. The van der Waals surface area contributed by atoms with Crippen molar-refractivity contribution in [3.63, 3.8) is 0 Å². The minimum atomic E-state index is -0.310. The molecular weight excluding hydrogens is 319 g/mol.